The topological polar surface area (TPSA) is 32.3 Å². The third-order valence-corrected chi connectivity index (χ3v) is 5.51. The van der Waals surface area contributed by atoms with Crippen LogP contribution in [0.5, 0.6) is 0 Å². The first-order valence-electron chi connectivity index (χ1n) is 8.63. The summed E-state index contributed by atoms with van der Waals surface area (Å²) in [6.45, 7) is 3.21. The molecule has 1 saturated heterocycles. The van der Waals surface area contributed by atoms with Gasteiger partial charge < -0.3 is 5.32 Å². The smallest absolute Gasteiger partial charge is 0.176 e. The number of ketones is 1. The third-order valence-electron chi connectivity index (χ3n) is 4.64. The molecule has 1 unspecified atom stereocenters. The van der Waals surface area contributed by atoms with Gasteiger partial charge in [0, 0.05) is 27.6 Å². The number of rotatable bonds is 7. The van der Waals surface area contributed by atoms with Crippen molar-refractivity contribution in [2.24, 2.45) is 0 Å². The summed E-state index contributed by atoms with van der Waals surface area (Å²) in [7, 11) is 0. The van der Waals surface area contributed by atoms with Crippen LogP contribution in [-0.2, 0) is 0 Å². The molecule has 1 N–H and O–H groups in total. The summed E-state index contributed by atoms with van der Waals surface area (Å²) in [5.41, 5.74) is 1.86. The van der Waals surface area contributed by atoms with Crippen molar-refractivity contribution in [3.05, 3.63) is 69.2 Å². The van der Waals surface area contributed by atoms with Gasteiger partial charge in [0.2, 0.25) is 0 Å². The van der Waals surface area contributed by atoms with Gasteiger partial charge in [0.1, 0.15) is 0 Å². The molecule has 0 aromatic heterocycles. The van der Waals surface area contributed by atoms with Crippen LogP contribution in [0.4, 0.5) is 0 Å². The van der Waals surface area contributed by atoms with Crippen molar-refractivity contribution >= 4 is 33.3 Å². The van der Waals surface area contributed by atoms with Crippen molar-refractivity contribution in [1.29, 1.82) is 0 Å². The quantitative estimate of drug-likeness (QED) is 0.657. The van der Waals surface area contributed by atoms with E-state index >= 15 is 0 Å². The van der Waals surface area contributed by atoms with Gasteiger partial charge in [-0.05, 0) is 49.7 Å². The number of carbonyl (C=O) groups is 1. The highest BCUT2D eigenvalue weighted by molar-refractivity contribution is 9.10. The minimum absolute atomic E-state index is 0.104. The zero-order valence-corrected chi connectivity index (χ0v) is 16.4. The Kier molecular flexibility index (Phi) is 6.65. The molecule has 2 aromatic carbocycles. The fourth-order valence-corrected chi connectivity index (χ4v) is 3.82. The molecule has 2 aromatic rings. The lowest BCUT2D eigenvalue weighted by atomic mass is 10.0. The first-order chi connectivity index (χ1) is 12.1. The van der Waals surface area contributed by atoms with Crippen molar-refractivity contribution in [2.75, 3.05) is 26.2 Å². The summed E-state index contributed by atoms with van der Waals surface area (Å²) in [6.07, 6.45) is 2.44. The van der Waals surface area contributed by atoms with E-state index < -0.39 is 0 Å². The molecular formula is C20H22BrClN2O. The van der Waals surface area contributed by atoms with Gasteiger partial charge in [-0.25, -0.2) is 0 Å². The largest absolute Gasteiger partial charge is 0.308 e. The summed E-state index contributed by atoms with van der Waals surface area (Å²) >= 11 is 9.82. The second-order valence-electron chi connectivity index (χ2n) is 6.34. The normalized spacial score (nSPS) is 16.1. The van der Waals surface area contributed by atoms with E-state index in [2.05, 4.69) is 32.2 Å². The van der Waals surface area contributed by atoms with Gasteiger partial charge in [-0.3, -0.25) is 9.69 Å². The van der Waals surface area contributed by atoms with E-state index in [0.29, 0.717) is 13.1 Å². The number of hydrogen-bond donors (Lipinski definition) is 1. The molecule has 1 heterocycles. The van der Waals surface area contributed by atoms with Crippen LogP contribution in [0.25, 0.3) is 0 Å². The zero-order chi connectivity index (χ0) is 17.6. The van der Waals surface area contributed by atoms with Crippen molar-refractivity contribution in [2.45, 2.75) is 18.9 Å². The van der Waals surface area contributed by atoms with E-state index in [9.17, 15) is 4.79 Å². The molecule has 1 aliphatic heterocycles. The first kappa shape index (κ1) is 18.6. The molecule has 5 heteroatoms. The van der Waals surface area contributed by atoms with Crippen LogP contribution in [-0.4, -0.2) is 36.9 Å². The van der Waals surface area contributed by atoms with E-state index in [1.54, 1.807) is 0 Å². The highest BCUT2D eigenvalue weighted by Crippen LogP contribution is 2.29. The molecule has 3 nitrogen and oxygen atoms in total. The Bertz CT molecular complexity index is 714. The standard InChI is InChI=1S/C20H22BrClN2O/c21-16-9-7-15(8-10-16)20(25)14-23-13-19(24-11-3-4-12-24)17-5-1-2-6-18(17)22/h1-2,5-10,19,23H,3-4,11-14H2. The SMILES string of the molecule is O=C(CNCC(c1ccccc1Cl)N1CCCC1)c1ccc(Br)cc1. The summed E-state index contributed by atoms with van der Waals surface area (Å²) in [4.78, 5) is 14.8. The van der Waals surface area contributed by atoms with Crippen molar-refractivity contribution in [3.63, 3.8) is 0 Å². The summed E-state index contributed by atoms with van der Waals surface area (Å²) in [6, 6.07) is 15.7. The van der Waals surface area contributed by atoms with Crippen LogP contribution in [0, 0.1) is 0 Å². The first-order valence-corrected chi connectivity index (χ1v) is 9.80. The molecule has 0 bridgehead atoms. The Balaban J connectivity index is 1.64. The average molecular weight is 422 g/mol. The number of hydrogen-bond acceptors (Lipinski definition) is 3. The third kappa shape index (κ3) is 4.91. The van der Waals surface area contributed by atoms with E-state index in [4.69, 9.17) is 11.6 Å². The lowest BCUT2D eigenvalue weighted by Gasteiger charge is -2.29. The summed E-state index contributed by atoms with van der Waals surface area (Å²) < 4.78 is 0.977. The maximum Gasteiger partial charge on any atom is 0.176 e. The predicted octanol–water partition coefficient (Wildman–Crippen LogP) is 4.71. The molecule has 1 fully saturated rings. The van der Waals surface area contributed by atoms with Gasteiger partial charge in [0.15, 0.2) is 5.78 Å². The molecule has 0 spiro atoms. The number of nitrogens with zero attached hydrogens (tertiary/aromatic N) is 1. The van der Waals surface area contributed by atoms with E-state index in [1.165, 1.54) is 12.8 Å². The van der Waals surface area contributed by atoms with E-state index in [1.807, 2.05) is 42.5 Å². The van der Waals surface area contributed by atoms with Gasteiger partial charge in [0.05, 0.1) is 6.54 Å². The Morgan fingerprint density at radius 2 is 1.80 bits per heavy atom. The van der Waals surface area contributed by atoms with E-state index in [-0.39, 0.29) is 11.8 Å². The molecule has 0 saturated carbocycles. The minimum Gasteiger partial charge on any atom is -0.308 e. The fourth-order valence-electron chi connectivity index (χ4n) is 3.29. The Morgan fingerprint density at radius 1 is 1.12 bits per heavy atom. The number of benzene rings is 2. The second kappa shape index (κ2) is 8.95. The minimum atomic E-state index is 0.104. The van der Waals surface area contributed by atoms with Crippen LogP contribution in [0.2, 0.25) is 5.02 Å². The molecule has 1 aliphatic rings. The van der Waals surface area contributed by atoms with Crippen LogP contribution in [0.1, 0.15) is 34.8 Å². The maximum absolute atomic E-state index is 12.3. The lowest BCUT2D eigenvalue weighted by Crippen LogP contribution is -2.36. The Morgan fingerprint density at radius 3 is 2.48 bits per heavy atom. The molecule has 3 rings (SSSR count). The lowest BCUT2D eigenvalue weighted by molar-refractivity contribution is 0.0987. The molecule has 25 heavy (non-hydrogen) atoms. The van der Waals surface area contributed by atoms with Gasteiger partial charge >= 0.3 is 0 Å². The summed E-state index contributed by atoms with van der Waals surface area (Å²) in [5.74, 6) is 0.104. The van der Waals surface area contributed by atoms with Crippen LogP contribution in [0.3, 0.4) is 0 Å². The molecule has 0 aliphatic carbocycles. The van der Waals surface area contributed by atoms with Gasteiger partial charge in [-0.1, -0.05) is 57.9 Å². The van der Waals surface area contributed by atoms with Crippen LogP contribution in [0.15, 0.2) is 53.0 Å². The highest BCUT2D eigenvalue weighted by atomic mass is 79.9. The summed E-state index contributed by atoms with van der Waals surface area (Å²) in [5, 5.41) is 4.13. The van der Waals surface area contributed by atoms with Gasteiger partial charge in [-0.15, -0.1) is 0 Å². The van der Waals surface area contributed by atoms with Crippen LogP contribution >= 0.6 is 27.5 Å². The number of likely N-dealkylation sites (tertiary alicyclic amines) is 1. The predicted molar refractivity (Wildman–Crippen MR) is 106 cm³/mol. The monoisotopic (exact) mass is 420 g/mol. The fraction of sp³-hybridized carbons (Fsp3) is 0.350. The number of Topliss-reactive ketones (excluding diaryl/α,β-unsaturated/α-hetero) is 1. The molecule has 0 amide bonds. The maximum atomic E-state index is 12.3. The average Bonchev–Trinajstić information content (AvgIpc) is 3.14. The molecule has 0 radical (unpaired) electrons. The Hall–Kier alpha value is -1.20. The Labute approximate surface area is 162 Å². The number of nitrogens with one attached hydrogen (secondary N) is 1. The molecule has 1 atom stereocenters. The van der Waals surface area contributed by atoms with Gasteiger partial charge in [0.25, 0.3) is 0 Å². The molecular weight excluding hydrogens is 400 g/mol. The second-order valence-corrected chi connectivity index (χ2v) is 7.66. The number of halogens is 2. The molecule has 132 valence electrons. The van der Waals surface area contributed by atoms with Crippen LogP contribution < -0.4 is 5.32 Å². The zero-order valence-electron chi connectivity index (χ0n) is 14.1. The van der Waals surface area contributed by atoms with E-state index in [0.717, 1.165) is 33.7 Å². The van der Waals surface area contributed by atoms with Crippen molar-refractivity contribution in [3.8, 4) is 0 Å². The number of carbonyl (C=O) groups excluding carboxylic acids is 1. The van der Waals surface area contributed by atoms with Crippen molar-refractivity contribution < 1.29 is 4.79 Å². The van der Waals surface area contributed by atoms with Crippen molar-refractivity contribution in [1.82, 2.24) is 10.2 Å². The highest BCUT2D eigenvalue weighted by Gasteiger charge is 2.24. The van der Waals surface area contributed by atoms with Gasteiger partial charge in [-0.2, -0.15) is 0 Å².